The number of rotatable bonds is 0. The van der Waals surface area contributed by atoms with Gasteiger partial charge in [0.15, 0.2) is 0 Å². The van der Waals surface area contributed by atoms with Crippen molar-refractivity contribution in [3.05, 3.63) is 0 Å². The molecule has 2 saturated heterocycles. The lowest BCUT2D eigenvalue weighted by atomic mass is 9.93. The Morgan fingerprint density at radius 3 is 3.08 bits per heavy atom. The van der Waals surface area contributed by atoms with Gasteiger partial charge in [0.2, 0.25) is 0 Å². The number of hydrogen-bond donors (Lipinski definition) is 1. The molecule has 0 bridgehead atoms. The van der Waals surface area contributed by atoms with Crippen LogP contribution in [0, 0.1) is 5.92 Å². The molecule has 2 rings (SSSR count). The average molecular weight is 185 g/mol. The molecule has 0 radical (unpaired) electrons. The Balaban J connectivity index is 2.01. The van der Waals surface area contributed by atoms with Crippen LogP contribution in [-0.2, 0) is 9.53 Å². The average Bonchev–Trinajstić information content (AvgIpc) is 2.42. The highest BCUT2D eigenvalue weighted by Crippen LogP contribution is 2.29. The standard InChI is InChI=1S/C8H11NO4/c10-7-3-5-1-2-9(8(11)12)4-6(5)13-7/h5-6H,1-4H2,(H,11,12)/t5-,6-/m1/s1. The van der Waals surface area contributed by atoms with E-state index in [4.69, 9.17) is 9.84 Å². The van der Waals surface area contributed by atoms with Gasteiger partial charge in [-0.1, -0.05) is 0 Å². The van der Waals surface area contributed by atoms with Crippen LogP contribution in [0.2, 0.25) is 0 Å². The van der Waals surface area contributed by atoms with Crippen LogP contribution in [0.4, 0.5) is 4.79 Å². The first kappa shape index (κ1) is 8.34. The van der Waals surface area contributed by atoms with Gasteiger partial charge in [-0.3, -0.25) is 4.79 Å². The molecule has 0 aliphatic carbocycles. The first-order valence-electron chi connectivity index (χ1n) is 4.34. The van der Waals surface area contributed by atoms with Gasteiger partial charge in [-0.15, -0.1) is 0 Å². The van der Waals surface area contributed by atoms with Crippen molar-refractivity contribution in [1.29, 1.82) is 0 Å². The van der Waals surface area contributed by atoms with E-state index < -0.39 is 6.09 Å². The van der Waals surface area contributed by atoms with Crippen molar-refractivity contribution in [3.8, 4) is 0 Å². The van der Waals surface area contributed by atoms with Gasteiger partial charge < -0.3 is 14.7 Å². The Morgan fingerprint density at radius 2 is 2.38 bits per heavy atom. The summed E-state index contributed by atoms with van der Waals surface area (Å²) in [5.74, 6) is 0.0466. The van der Waals surface area contributed by atoms with Gasteiger partial charge in [-0.2, -0.15) is 0 Å². The SMILES string of the molecule is O=C1C[C@H]2CCN(C(=O)O)C[C@H]2O1. The van der Waals surface area contributed by atoms with Crippen LogP contribution in [0.25, 0.3) is 0 Å². The minimum atomic E-state index is -0.929. The van der Waals surface area contributed by atoms with Crippen LogP contribution in [0.5, 0.6) is 0 Å². The van der Waals surface area contributed by atoms with Gasteiger partial charge >= 0.3 is 12.1 Å². The van der Waals surface area contributed by atoms with Gasteiger partial charge in [0.1, 0.15) is 6.10 Å². The molecule has 0 spiro atoms. The summed E-state index contributed by atoms with van der Waals surface area (Å²) in [7, 11) is 0. The summed E-state index contributed by atoms with van der Waals surface area (Å²) in [4.78, 5) is 22.8. The molecule has 0 aromatic rings. The number of carboxylic acid groups (broad SMARTS) is 1. The quantitative estimate of drug-likeness (QED) is 0.551. The summed E-state index contributed by atoms with van der Waals surface area (Å²) in [5.41, 5.74) is 0. The van der Waals surface area contributed by atoms with Crippen molar-refractivity contribution in [2.24, 2.45) is 5.92 Å². The third kappa shape index (κ3) is 1.46. The third-order valence-electron chi connectivity index (χ3n) is 2.68. The second kappa shape index (κ2) is 2.90. The number of amides is 1. The molecule has 1 amide bonds. The summed E-state index contributed by atoms with van der Waals surface area (Å²) in [6.45, 7) is 0.860. The van der Waals surface area contributed by atoms with Crippen molar-refractivity contribution < 1.29 is 19.4 Å². The Labute approximate surface area is 75.3 Å². The molecule has 0 aromatic heterocycles. The maximum absolute atomic E-state index is 10.9. The summed E-state index contributed by atoms with van der Waals surface area (Å²) >= 11 is 0. The second-order valence-corrected chi connectivity index (χ2v) is 3.51. The van der Waals surface area contributed by atoms with Crippen LogP contribution in [0.15, 0.2) is 0 Å². The lowest BCUT2D eigenvalue weighted by Gasteiger charge is -2.31. The highest BCUT2D eigenvalue weighted by molar-refractivity contribution is 5.72. The largest absolute Gasteiger partial charge is 0.465 e. The van der Waals surface area contributed by atoms with Gasteiger partial charge in [0, 0.05) is 12.5 Å². The fourth-order valence-electron chi connectivity index (χ4n) is 1.94. The molecular weight excluding hydrogens is 174 g/mol. The zero-order valence-corrected chi connectivity index (χ0v) is 7.10. The smallest absolute Gasteiger partial charge is 0.407 e. The Kier molecular flexibility index (Phi) is 1.86. The zero-order chi connectivity index (χ0) is 9.42. The van der Waals surface area contributed by atoms with E-state index in [0.29, 0.717) is 19.5 Å². The van der Waals surface area contributed by atoms with E-state index in [1.807, 2.05) is 0 Å². The Morgan fingerprint density at radius 1 is 1.62 bits per heavy atom. The molecule has 5 nitrogen and oxygen atoms in total. The number of nitrogens with zero attached hydrogens (tertiary/aromatic N) is 1. The molecule has 5 heteroatoms. The fourth-order valence-corrected chi connectivity index (χ4v) is 1.94. The summed E-state index contributed by atoms with van der Waals surface area (Å²) in [6.07, 6.45) is 0.0691. The Hall–Kier alpha value is -1.26. The van der Waals surface area contributed by atoms with E-state index in [1.54, 1.807) is 0 Å². The van der Waals surface area contributed by atoms with E-state index in [-0.39, 0.29) is 18.0 Å². The number of carbonyl (C=O) groups excluding carboxylic acids is 1. The predicted molar refractivity (Wildman–Crippen MR) is 42.2 cm³/mol. The third-order valence-corrected chi connectivity index (χ3v) is 2.68. The topological polar surface area (TPSA) is 66.8 Å². The molecular formula is C8H11NO4. The molecule has 2 aliphatic rings. The fraction of sp³-hybridized carbons (Fsp3) is 0.750. The molecule has 1 N–H and O–H groups in total. The molecule has 0 unspecified atom stereocenters. The van der Waals surface area contributed by atoms with E-state index >= 15 is 0 Å². The van der Waals surface area contributed by atoms with E-state index in [0.717, 1.165) is 6.42 Å². The van der Waals surface area contributed by atoms with Gasteiger partial charge in [-0.25, -0.2) is 4.79 Å². The molecule has 0 saturated carbocycles. The number of esters is 1. The lowest BCUT2D eigenvalue weighted by molar-refractivity contribution is -0.142. The number of fused-ring (bicyclic) bond motifs is 1. The van der Waals surface area contributed by atoms with Crippen molar-refractivity contribution in [2.75, 3.05) is 13.1 Å². The second-order valence-electron chi connectivity index (χ2n) is 3.51. The van der Waals surface area contributed by atoms with Crippen molar-refractivity contribution in [1.82, 2.24) is 4.90 Å². The number of likely N-dealkylation sites (tertiary alicyclic amines) is 1. The van der Waals surface area contributed by atoms with Crippen LogP contribution < -0.4 is 0 Å². The normalized spacial score (nSPS) is 32.6. The number of ether oxygens (including phenoxy) is 1. The molecule has 2 fully saturated rings. The first-order valence-corrected chi connectivity index (χ1v) is 4.34. The monoisotopic (exact) mass is 185 g/mol. The van der Waals surface area contributed by atoms with Crippen molar-refractivity contribution >= 4 is 12.1 Å². The maximum Gasteiger partial charge on any atom is 0.407 e. The summed E-state index contributed by atoms with van der Waals surface area (Å²) < 4.78 is 5.00. The molecule has 0 aromatic carbocycles. The van der Waals surface area contributed by atoms with Crippen LogP contribution in [-0.4, -0.2) is 41.3 Å². The van der Waals surface area contributed by atoms with Gasteiger partial charge in [0.25, 0.3) is 0 Å². The minimum Gasteiger partial charge on any atom is -0.465 e. The molecule has 2 heterocycles. The first-order chi connectivity index (χ1) is 6.16. The molecule has 2 aliphatic heterocycles. The Bertz CT molecular complexity index is 253. The van der Waals surface area contributed by atoms with Gasteiger partial charge in [0.05, 0.1) is 13.0 Å². The molecule has 72 valence electrons. The maximum atomic E-state index is 10.9. The number of piperidine rings is 1. The molecule has 13 heavy (non-hydrogen) atoms. The van der Waals surface area contributed by atoms with Gasteiger partial charge in [-0.05, 0) is 6.42 Å². The van der Waals surface area contributed by atoms with E-state index in [2.05, 4.69) is 0 Å². The van der Waals surface area contributed by atoms with Crippen molar-refractivity contribution in [3.63, 3.8) is 0 Å². The molecule has 2 atom stereocenters. The van der Waals surface area contributed by atoms with Crippen LogP contribution in [0.3, 0.4) is 0 Å². The van der Waals surface area contributed by atoms with E-state index in [1.165, 1.54) is 4.90 Å². The van der Waals surface area contributed by atoms with E-state index in [9.17, 15) is 9.59 Å². The highest BCUT2D eigenvalue weighted by atomic mass is 16.6. The highest BCUT2D eigenvalue weighted by Gasteiger charge is 2.40. The number of carbonyl (C=O) groups is 2. The van der Waals surface area contributed by atoms with Crippen molar-refractivity contribution in [2.45, 2.75) is 18.9 Å². The summed E-state index contributed by atoms with van der Waals surface area (Å²) in [5, 5.41) is 8.71. The zero-order valence-electron chi connectivity index (χ0n) is 7.10. The van der Waals surface area contributed by atoms with Crippen LogP contribution >= 0.6 is 0 Å². The summed E-state index contributed by atoms with van der Waals surface area (Å²) in [6, 6.07) is 0. The van der Waals surface area contributed by atoms with Crippen LogP contribution in [0.1, 0.15) is 12.8 Å². The lowest BCUT2D eigenvalue weighted by Crippen LogP contribution is -2.44. The minimum absolute atomic E-state index is 0.192. The predicted octanol–water partition coefficient (Wildman–Crippen LogP) is 0.302. The number of hydrogen-bond acceptors (Lipinski definition) is 3.